The molecule has 1 saturated heterocycles. The molecule has 2 bridgehead atoms. The van der Waals surface area contributed by atoms with E-state index in [-0.39, 0.29) is 11.3 Å². The number of nitrogens with one attached hydrogen (secondary N) is 1. The predicted molar refractivity (Wildman–Crippen MR) is 88.3 cm³/mol. The molecule has 0 unspecified atom stereocenters. The number of hydrogen-bond acceptors (Lipinski definition) is 5. The van der Waals surface area contributed by atoms with Crippen molar-refractivity contribution in [3.05, 3.63) is 17.5 Å². The molecule has 1 aliphatic heterocycles. The summed E-state index contributed by atoms with van der Waals surface area (Å²) < 4.78 is 0. The Morgan fingerprint density at radius 3 is 2.61 bits per heavy atom. The summed E-state index contributed by atoms with van der Waals surface area (Å²) in [6.07, 6.45) is 4.40. The summed E-state index contributed by atoms with van der Waals surface area (Å²) in [6.45, 7) is 5.75. The van der Waals surface area contributed by atoms with Crippen molar-refractivity contribution in [2.24, 2.45) is 10.8 Å². The number of rotatable bonds is 4. The fraction of sp³-hybridized carbons (Fsp3) is 0.688. The molecule has 4 fully saturated rings. The van der Waals surface area contributed by atoms with Gasteiger partial charge in [0.05, 0.1) is 5.41 Å². The van der Waals surface area contributed by atoms with Crippen molar-refractivity contribution in [3.63, 3.8) is 0 Å². The number of halogens is 1. The van der Waals surface area contributed by atoms with Crippen LogP contribution in [0.15, 0.2) is 12.4 Å². The molecule has 23 heavy (non-hydrogen) atoms. The van der Waals surface area contributed by atoms with Crippen LogP contribution in [0.5, 0.6) is 0 Å². The molecule has 7 heteroatoms. The summed E-state index contributed by atoms with van der Waals surface area (Å²) in [5, 5.41) is 3.24. The van der Waals surface area contributed by atoms with Crippen LogP contribution in [0.2, 0.25) is 5.15 Å². The van der Waals surface area contributed by atoms with Crippen LogP contribution >= 0.6 is 11.6 Å². The van der Waals surface area contributed by atoms with Crippen LogP contribution in [0.25, 0.3) is 0 Å². The molecule has 3 saturated carbocycles. The van der Waals surface area contributed by atoms with E-state index in [1.54, 1.807) is 6.07 Å². The van der Waals surface area contributed by atoms with Crippen LogP contribution in [0.4, 0.5) is 5.82 Å². The number of aromatic nitrogens is 2. The number of anilines is 1. The van der Waals surface area contributed by atoms with Crippen molar-refractivity contribution >= 4 is 23.3 Å². The van der Waals surface area contributed by atoms with E-state index in [9.17, 15) is 4.79 Å². The summed E-state index contributed by atoms with van der Waals surface area (Å²) in [7, 11) is 2.18. The SMILES string of the molecule is CN1CCN(CC23CC(C(=O)Nc4cc(Cl)ncn4)(C2)C3)CC1. The first-order valence-corrected chi connectivity index (χ1v) is 8.57. The van der Waals surface area contributed by atoms with E-state index in [0.717, 1.165) is 52.0 Å². The molecule has 0 radical (unpaired) electrons. The molecule has 0 aromatic carbocycles. The summed E-state index contributed by atoms with van der Waals surface area (Å²) >= 11 is 5.83. The minimum Gasteiger partial charge on any atom is -0.310 e. The third kappa shape index (κ3) is 2.73. The van der Waals surface area contributed by atoms with Crippen molar-refractivity contribution < 1.29 is 4.79 Å². The Morgan fingerprint density at radius 1 is 1.26 bits per heavy atom. The van der Waals surface area contributed by atoms with Gasteiger partial charge in [0.2, 0.25) is 5.91 Å². The monoisotopic (exact) mass is 335 g/mol. The van der Waals surface area contributed by atoms with Gasteiger partial charge in [-0.25, -0.2) is 9.97 Å². The standard InChI is InChI=1S/C16H22ClN5O/c1-21-2-4-22(5-3-21)10-15-7-16(8-15,9-15)14(23)20-13-6-12(17)18-11-19-13/h6,11H,2-5,7-10H2,1H3,(H,18,19,20,23). The number of likely N-dealkylation sites (N-methyl/N-ethyl adjacent to an activating group) is 1. The highest BCUT2D eigenvalue weighted by molar-refractivity contribution is 6.29. The lowest BCUT2D eigenvalue weighted by Crippen LogP contribution is -2.70. The number of amides is 1. The molecule has 3 aliphatic carbocycles. The van der Waals surface area contributed by atoms with Gasteiger partial charge in [0, 0.05) is 38.8 Å². The maximum absolute atomic E-state index is 12.5. The summed E-state index contributed by atoms with van der Waals surface area (Å²) in [5.74, 6) is 0.584. The molecule has 124 valence electrons. The Morgan fingerprint density at radius 2 is 1.96 bits per heavy atom. The molecule has 1 aromatic heterocycles. The van der Waals surface area contributed by atoms with Crippen LogP contribution in [0.1, 0.15) is 19.3 Å². The lowest BCUT2D eigenvalue weighted by atomic mass is 9.34. The zero-order chi connectivity index (χ0) is 16.1. The minimum absolute atomic E-state index is 0.0903. The highest BCUT2D eigenvalue weighted by atomic mass is 35.5. The lowest BCUT2D eigenvalue weighted by molar-refractivity contribution is -0.210. The van der Waals surface area contributed by atoms with Crippen LogP contribution in [-0.2, 0) is 4.79 Å². The van der Waals surface area contributed by atoms with Gasteiger partial charge in [-0.2, -0.15) is 0 Å². The van der Waals surface area contributed by atoms with Gasteiger partial charge in [0.1, 0.15) is 17.3 Å². The second kappa shape index (κ2) is 5.40. The van der Waals surface area contributed by atoms with E-state index in [4.69, 9.17) is 11.6 Å². The number of nitrogens with zero attached hydrogens (tertiary/aromatic N) is 4. The summed E-state index contributed by atoms with van der Waals surface area (Å²) in [4.78, 5) is 25.3. The van der Waals surface area contributed by atoms with Crippen LogP contribution < -0.4 is 5.32 Å². The van der Waals surface area contributed by atoms with E-state index in [1.807, 2.05) is 0 Å². The van der Waals surface area contributed by atoms with Gasteiger partial charge in [-0.3, -0.25) is 4.79 Å². The molecule has 1 amide bonds. The van der Waals surface area contributed by atoms with Crippen molar-refractivity contribution in [3.8, 4) is 0 Å². The first kappa shape index (κ1) is 15.3. The maximum atomic E-state index is 12.5. The Balaban J connectivity index is 1.30. The average Bonchev–Trinajstić information content (AvgIpc) is 2.43. The summed E-state index contributed by atoms with van der Waals surface area (Å²) in [6, 6.07) is 1.59. The van der Waals surface area contributed by atoms with Crippen molar-refractivity contribution in [1.29, 1.82) is 0 Å². The van der Waals surface area contributed by atoms with Crippen LogP contribution in [0, 0.1) is 10.8 Å². The van der Waals surface area contributed by atoms with Crippen molar-refractivity contribution in [2.45, 2.75) is 19.3 Å². The zero-order valence-electron chi connectivity index (χ0n) is 13.4. The summed E-state index contributed by atoms with van der Waals surface area (Å²) in [5.41, 5.74) is 0.223. The normalized spacial score (nSPS) is 33.7. The quantitative estimate of drug-likeness (QED) is 0.845. The maximum Gasteiger partial charge on any atom is 0.231 e. The average molecular weight is 336 g/mol. The third-order valence-corrected chi connectivity index (χ3v) is 5.86. The smallest absolute Gasteiger partial charge is 0.231 e. The van der Waals surface area contributed by atoms with E-state index in [2.05, 4.69) is 32.1 Å². The van der Waals surface area contributed by atoms with E-state index in [1.165, 1.54) is 6.33 Å². The predicted octanol–water partition coefficient (Wildman–Crippen LogP) is 1.49. The van der Waals surface area contributed by atoms with E-state index < -0.39 is 0 Å². The van der Waals surface area contributed by atoms with Crippen LogP contribution in [-0.4, -0.2) is 65.4 Å². The Labute approximate surface area is 141 Å². The van der Waals surface area contributed by atoms with E-state index in [0.29, 0.717) is 16.4 Å². The van der Waals surface area contributed by atoms with E-state index >= 15 is 0 Å². The first-order valence-electron chi connectivity index (χ1n) is 8.19. The number of carbonyl (C=O) groups excluding carboxylic acids is 1. The highest BCUT2D eigenvalue weighted by Crippen LogP contribution is 2.73. The first-order chi connectivity index (χ1) is 11.0. The Bertz CT molecular complexity index is 609. The van der Waals surface area contributed by atoms with Gasteiger partial charge < -0.3 is 15.1 Å². The highest BCUT2D eigenvalue weighted by Gasteiger charge is 2.71. The van der Waals surface area contributed by atoms with Gasteiger partial charge in [0.25, 0.3) is 0 Å². The lowest BCUT2D eigenvalue weighted by Gasteiger charge is -2.70. The van der Waals surface area contributed by atoms with Crippen molar-refractivity contribution in [2.75, 3.05) is 45.1 Å². The van der Waals surface area contributed by atoms with Gasteiger partial charge >= 0.3 is 0 Å². The fourth-order valence-electron chi connectivity index (χ4n) is 4.54. The number of hydrogen-bond donors (Lipinski definition) is 1. The van der Waals surface area contributed by atoms with Gasteiger partial charge in [0.15, 0.2) is 0 Å². The number of piperazine rings is 1. The second-order valence-corrected chi connectivity index (χ2v) is 7.96. The van der Waals surface area contributed by atoms with Gasteiger partial charge in [-0.05, 0) is 31.7 Å². The molecule has 6 nitrogen and oxygen atoms in total. The van der Waals surface area contributed by atoms with Crippen molar-refractivity contribution in [1.82, 2.24) is 19.8 Å². The second-order valence-electron chi connectivity index (χ2n) is 7.57. The molecular formula is C16H22ClN5O. The number of carbonyl (C=O) groups is 1. The minimum atomic E-state index is -0.163. The molecule has 0 atom stereocenters. The van der Waals surface area contributed by atoms with Gasteiger partial charge in [-0.15, -0.1) is 0 Å². The zero-order valence-corrected chi connectivity index (χ0v) is 14.1. The van der Waals surface area contributed by atoms with Crippen LogP contribution in [0.3, 0.4) is 0 Å². The molecule has 0 spiro atoms. The molecule has 1 N–H and O–H groups in total. The Hall–Kier alpha value is -1.24. The fourth-order valence-corrected chi connectivity index (χ4v) is 4.68. The Kier molecular flexibility index (Phi) is 3.59. The largest absolute Gasteiger partial charge is 0.310 e. The molecular weight excluding hydrogens is 314 g/mol. The third-order valence-electron chi connectivity index (χ3n) is 5.65. The molecule has 1 aromatic rings. The molecule has 5 rings (SSSR count). The molecule has 4 aliphatic rings. The van der Waals surface area contributed by atoms with Gasteiger partial charge in [-0.1, -0.05) is 11.6 Å². The molecule has 2 heterocycles. The topological polar surface area (TPSA) is 61.4 Å².